The number of quaternary nitrogens is 1. The first-order valence-electron chi connectivity index (χ1n) is 10.8. The highest BCUT2D eigenvalue weighted by Gasteiger charge is 2.54. The molecule has 1 aromatic heterocycles. The average molecular weight is 527 g/mol. The topological polar surface area (TPSA) is 190 Å². The van der Waals surface area contributed by atoms with Crippen LogP contribution in [0.15, 0.2) is 21.8 Å². The zero-order chi connectivity index (χ0) is 25.5. The number of likely N-dealkylation sites (N-methyl/N-ethyl adjacent to an activating group) is 1. The van der Waals surface area contributed by atoms with Crippen LogP contribution >= 0.6 is 23.1 Å². The highest BCUT2D eigenvalue weighted by Crippen LogP contribution is 2.41. The summed E-state index contributed by atoms with van der Waals surface area (Å²) in [5.41, 5.74) is 5.96. The highest BCUT2D eigenvalue weighted by atomic mass is 32.2. The first-order valence-corrected chi connectivity index (χ1v) is 12.7. The van der Waals surface area contributed by atoms with Gasteiger partial charge in [0, 0.05) is 23.1 Å². The molecule has 0 bridgehead atoms. The van der Waals surface area contributed by atoms with E-state index in [2.05, 4.69) is 15.5 Å². The van der Waals surface area contributed by atoms with Gasteiger partial charge in [0.1, 0.15) is 43.4 Å². The van der Waals surface area contributed by atoms with Crippen LogP contribution in [0.1, 0.15) is 12.1 Å². The van der Waals surface area contributed by atoms with Gasteiger partial charge >= 0.3 is 0 Å². The number of anilines is 1. The third-order valence-corrected chi connectivity index (χ3v) is 8.31. The predicted molar refractivity (Wildman–Crippen MR) is 125 cm³/mol. The SMILES string of the molecule is CO/N=C(\C(=O)N[C@@H]1C(=O)N2C(C(=O)[O-])=C(C[N+]3(C)CC[C@H](O)[C@H](O)C3)CS[C@H]12)c1csc(N)n1. The summed E-state index contributed by atoms with van der Waals surface area (Å²) in [6.07, 6.45) is -1.34. The smallest absolute Gasteiger partial charge is 0.276 e. The summed E-state index contributed by atoms with van der Waals surface area (Å²) in [5.74, 6) is -2.47. The van der Waals surface area contributed by atoms with Crippen LogP contribution in [0.4, 0.5) is 5.13 Å². The quantitative estimate of drug-likeness (QED) is 0.124. The Labute approximate surface area is 208 Å². The third kappa shape index (κ3) is 4.86. The number of thioether (sulfide) groups is 1. The number of aliphatic hydroxyl groups is 2. The number of hydrogen-bond acceptors (Lipinski definition) is 12. The number of carboxylic acid groups (broad SMARTS) is 1. The van der Waals surface area contributed by atoms with E-state index in [1.807, 2.05) is 7.05 Å². The Hall–Kier alpha value is -2.72. The van der Waals surface area contributed by atoms with Crippen molar-refractivity contribution >= 4 is 51.7 Å². The lowest BCUT2D eigenvalue weighted by molar-refractivity contribution is -0.914. The van der Waals surface area contributed by atoms with E-state index in [9.17, 15) is 29.7 Å². The molecular formula is C20H26N6O7S2. The molecule has 0 aromatic carbocycles. The molecule has 190 valence electrons. The van der Waals surface area contributed by atoms with Crippen LogP contribution in [0.2, 0.25) is 0 Å². The molecule has 0 saturated carbocycles. The molecule has 2 amide bonds. The molecule has 2 fully saturated rings. The Morgan fingerprint density at radius 2 is 2.17 bits per heavy atom. The molecule has 4 rings (SSSR count). The molecule has 0 spiro atoms. The number of nitrogens with two attached hydrogens (primary N) is 1. The number of likely N-dealkylation sites (tertiary alicyclic amines) is 1. The van der Waals surface area contributed by atoms with E-state index < -0.39 is 41.4 Å². The number of carboxylic acids is 1. The van der Waals surface area contributed by atoms with E-state index in [0.717, 1.165) is 16.2 Å². The van der Waals surface area contributed by atoms with Crippen molar-refractivity contribution < 1.29 is 39.0 Å². The van der Waals surface area contributed by atoms with Crippen LogP contribution in [0, 0.1) is 0 Å². The molecule has 5 atom stereocenters. The van der Waals surface area contributed by atoms with E-state index in [-0.39, 0.29) is 35.3 Å². The van der Waals surface area contributed by atoms with Gasteiger partial charge in [0.05, 0.1) is 31.4 Å². The second-order valence-corrected chi connectivity index (χ2v) is 10.9. The van der Waals surface area contributed by atoms with Crippen molar-refractivity contribution in [2.24, 2.45) is 5.16 Å². The number of amides is 2. The zero-order valence-corrected chi connectivity index (χ0v) is 20.7. The number of nitrogens with zero attached hydrogens (tertiary/aromatic N) is 4. The number of aliphatic hydroxyl groups excluding tert-OH is 2. The Kier molecular flexibility index (Phi) is 7.06. The van der Waals surface area contributed by atoms with Crippen LogP contribution in [0.3, 0.4) is 0 Å². The molecule has 4 heterocycles. The predicted octanol–water partition coefficient (Wildman–Crippen LogP) is -2.95. The summed E-state index contributed by atoms with van der Waals surface area (Å²) in [5, 5.41) is 39.4. The lowest BCUT2D eigenvalue weighted by atomic mass is 9.99. The van der Waals surface area contributed by atoms with Crippen LogP contribution in [-0.2, 0) is 19.2 Å². The second-order valence-electron chi connectivity index (χ2n) is 8.90. The number of nitrogen functional groups attached to an aromatic ring is 1. The van der Waals surface area contributed by atoms with Gasteiger partial charge in [-0.05, 0) is 0 Å². The van der Waals surface area contributed by atoms with Gasteiger partial charge in [-0.2, -0.15) is 0 Å². The highest BCUT2D eigenvalue weighted by molar-refractivity contribution is 8.00. The molecule has 0 aliphatic carbocycles. The maximum Gasteiger partial charge on any atom is 0.276 e. The third-order valence-electron chi connectivity index (χ3n) is 6.30. The second kappa shape index (κ2) is 9.73. The molecule has 5 N–H and O–H groups in total. The normalized spacial score (nSPS) is 31.0. The zero-order valence-electron chi connectivity index (χ0n) is 19.0. The van der Waals surface area contributed by atoms with E-state index in [4.69, 9.17) is 10.6 Å². The molecule has 3 aliphatic rings. The molecule has 3 aliphatic heterocycles. The molecular weight excluding hydrogens is 500 g/mol. The summed E-state index contributed by atoms with van der Waals surface area (Å²) in [4.78, 5) is 47.8. The summed E-state index contributed by atoms with van der Waals surface area (Å²) in [6, 6.07) is -0.974. The lowest BCUT2D eigenvalue weighted by Gasteiger charge is -2.51. The fraction of sp³-hybridized carbons (Fsp3) is 0.550. The Bertz CT molecular complexity index is 1110. The van der Waals surface area contributed by atoms with Gasteiger partial charge in [-0.15, -0.1) is 23.1 Å². The lowest BCUT2D eigenvalue weighted by Crippen LogP contribution is -2.72. The maximum atomic E-state index is 13.0. The Morgan fingerprint density at radius 1 is 1.43 bits per heavy atom. The number of rotatable bonds is 7. The van der Waals surface area contributed by atoms with Crippen molar-refractivity contribution in [1.82, 2.24) is 15.2 Å². The van der Waals surface area contributed by atoms with Crippen LogP contribution in [0.5, 0.6) is 0 Å². The average Bonchev–Trinajstić information content (AvgIpc) is 3.23. The van der Waals surface area contributed by atoms with Crippen LogP contribution in [-0.4, -0.2) is 111 Å². The molecule has 15 heteroatoms. The summed E-state index contributed by atoms with van der Waals surface area (Å²) >= 11 is 2.44. The number of thiazole rings is 1. The fourth-order valence-corrected chi connectivity index (χ4v) is 6.48. The van der Waals surface area contributed by atoms with E-state index in [1.165, 1.54) is 24.3 Å². The Morgan fingerprint density at radius 3 is 2.77 bits per heavy atom. The van der Waals surface area contributed by atoms with Crippen LogP contribution < -0.4 is 16.2 Å². The Balaban J connectivity index is 1.51. The van der Waals surface area contributed by atoms with Gasteiger partial charge in [-0.1, -0.05) is 5.16 Å². The number of fused-ring (bicyclic) bond motifs is 1. The maximum absolute atomic E-state index is 13.0. The molecule has 0 radical (unpaired) electrons. The molecule has 35 heavy (non-hydrogen) atoms. The van der Waals surface area contributed by atoms with Crippen molar-refractivity contribution in [2.45, 2.75) is 30.0 Å². The van der Waals surface area contributed by atoms with E-state index >= 15 is 0 Å². The molecule has 2 saturated heterocycles. The van der Waals surface area contributed by atoms with Gasteiger partial charge in [0.25, 0.3) is 11.8 Å². The standard InChI is InChI=1S/C20H26N6O7S2/c1-26(4-3-11(27)12(28)6-26)5-9-7-34-18-14(17(30)25(18)15(9)19(31)32)23-16(29)13(24-33-2)10-8-35-20(21)22-10/h8,11-12,14,18,27-28H,3-7H2,1-2H3,(H3-,21,22,23,29,31,32)/b24-13-/t11-,12+,14+,18+,26?/m0/s1. The van der Waals surface area contributed by atoms with Crippen molar-refractivity contribution in [3.63, 3.8) is 0 Å². The van der Waals surface area contributed by atoms with Crippen molar-refractivity contribution in [3.05, 3.63) is 22.3 Å². The number of piperidine rings is 1. The molecule has 13 nitrogen and oxygen atoms in total. The first kappa shape index (κ1) is 25.4. The number of carbonyl (C=O) groups excluding carboxylic acids is 3. The van der Waals surface area contributed by atoms with Gasteiger partial charge in [0.15, 0.2) is 10.8 Å². The summed E-state index contributed by atoms with van der Waals surface area (Å²) in [7, 11) is 3.13. The number of aliphatic carboxylic acids is 1. The van der Waals surface area contributed by atoms with Gasteiger partial charge in [-0.25, -0.2) is 4.98 Å². The van der Waals surface area contributed by atoms with Gasteiger partial charge in [0.2, 0.25) is 0 Å². The number of aromatic nitrogens is 1. The number of carbonyl (C=O) groups is 3. The van der Waals surface area contributed by atoms with Gasteiger partial charge < -0.3 is 40.5 Å². The minimum atomic E-state index is -1.48. The van der Waals surface area contributed by atoms with Crippen LogP contribution in [0.25, 0.3) is 0 Å². The number of hydrogen-bond donors (Lipinski definition) is 4. The van der Waals surface area contributed by atoms with Crippen molar-refractivity contribution in [3.8, 4) is 0 Å². The largest absolute Gasteiger partial charge is 0.543 e. The monoisotopic (exact) mass is 526 g/mol. The van der Waals surface area contributed by atoms with E-state index in [0.29, 0.717) is 28.8 Å². The minimum absolute atomic E-state index is 0.160. The number of nitrogens with one attached hydrogen (secondary N) is 1. The van der Waals surface area contributed by atoms with E-state index in [1.54, 1.807) is 0 Å². The molecule has 1 aromatic rings. The minimum Gasteiger partial charge on any atom is -0.543 e. The molecule has 1 unspecified atom stereocenters. The number of β-lactam (4-membered cyclic amide) rings is 1. The van der Waals surface area contributed by atoms with Crippen molar-refractivity contribution in [2.75, 3.05) is 45.3 Å². The first-order chi connectivity index (χ1) is 16.5. The number of oxime groups is 1. The summed E-state index contributed by atoms with van der Waals surface area (Å²) < 4.78 is 0.325. The van der Waals surface area contributed by atoms with Gasteiger partial charge in [-0.3, -0.25) is 14.5 Å². The van der Waals surface area contributed by atoms with Crippen molar-refractivity contribution in [1.29, 1.82) is 0 Å². The summed E-state index contributed by atoms with van der Waals surface area (Å²) in [6.45, 7) is 1.09. The fourth-order valence-electron chi connectivity index (χ4n) is 4.60.